The maximum absolute atomic E-state index is 12.3. The van der Waals surface area contributed by atoms with Gasteiger partial charge in [-0.2, -0.15) is 5.10 Å². The fourth-order valence-corrected chi connectivity index (χ4v) is 3.53. The molecule has 0 unspecified atom stereocenters. The Hall–Kier alpha value is -3.03. The number of likely N-dealkylation sites (tertiary alicyclic amines) is 1. The molecule has 8 nitrogen and oxygen atoms in total. The number of carbonyl (C=O) groups is 1. The summed E-state index contributed by atoms with van der Waals surface area (Å²) in [6.07, 6.45) is 2.17. The summed E-state index contributed by atoms with van der Waals surface area (Å²) < 4.78 is 1.89. The maximum atomic E-state index is 12.3. The van der Waals surface area contributed by atoms with Crippen LogP contribution in [0.15, 0.2) is 29.3 Å². The summed E-state index contributed by atoms with van der Waals surface area (Å²) in [6.45, 7) is 7.03. The predicted octanol–water partition coefficient (Wildman–Crippen LogP) is 2.53. The molecule has 2 amide bonds. The van der Waals surface area contributed by atoms with Crippen molar-refractivity contribution in [3.05, 3.63) is 46.8 Å². The maximum Gasteiger partial charge on any atom is 0.321 e. The van der Waals surface area contributed by atoms with E-state index in [0.29, 0.717) is 13.1 Å². The summed E-state index contributed by atoms with van der Waals surface area (Å²) in [5.74, 6) is 0.721. The second kappa shape index (κ2) is 9.45. The molecule has 1 aromatic heterocycles. The van der Waals surface area contributed by atoms with Gasteiger partial charge in [-0.25, -0.2) is 4.79 Å². The van der Waals surface area contributed by atoms with Gasteiger partial charge in [0.25, 0.3) is 0 Å². The van der Waals surface area contributed by atoms with Crippen molar-refractivity contribution in [2.75, 3.05) is 25.5 Å². The molecule has 156 valence electrons. The predicted molar refractivity (Wildman–Crippen MR) is 116 cm³/mol. The van der Waals surface area contributed by atoms with Gasteiger partial charge in [-0.1, -0.05) is 12.1 Å². The van der Waals surface area contributed by atoms with Crippen LogP contribution in [0.1, 0.15) is 35.4 Å². The van der Waals surface area contributed by atoms with Gasteiger partial charge in [0.2, 0.25) is 0 Å². The Kier molecular flexibility index (Phi) is 6.74. The lowest BCUT2D eigenvalue weighted by Gasteiger charge is -2.17. The Balaban J connectivity index is 1.53. The number of aryl methyl sites for hydroxylation is 2. The zero-order chi connectivity index (χ0) is 20.8. The van der Waals surface area contributed by atoms with Gasteiger partial charge >= 0.3 is 6.03 Å². The van der Waals surface area contributed by atoms with E-state index >= 15 is 0 Å². The van der Waals surface area contributed by atoms with Crippen LogP contribution in [-0.4, -0.2) is 46.8 Å². The van der Waals surface area contributed by atoms with Crippen LogP contribution in [-0.2, 0) is 20.1 Å². The Bertz CT molecular complexity index is 881. The van der Waals surface area contributed by atoms with Crippen LogP contribution in [0.2, 0.25) is 0 Å². The average Bonchev–Trinajstić information content (AvgIpc) is 3.32. The smallest absolute Gasteiger partial charge is 0.321 e. The van der Waals surface area contributed by atoms with Gasteiger partial charge in [0, 0.05) is 57.2 Å². The first-order chi connectivity index (χ1) is 14.0. The Morgan fingerprint density at radius 1 is 1.17 bits per heavy atom. The molecule has 1 aliphatic rings. The Morgan fingerprint density at radius 2 is 1.90 bits per heavy atom. The molecule has 0 saturated carbocycles. The third kappa shape index (κ3) is 5.28. The minimum Gasteiger partial charge on any atom is -0.352 e. The monoisotopic (exact) mass is 397 g/mol. The van der Waals surface area contributed by atoms with Crippen LogP contribution in [0.3, 0.4) is 0 Å². The number of carbonyl (C=O) groups excluding carboxylic acids is 1. The molecule has 3 rings (SSSR count). The van der Waals surface area contributed by atoms with E-state index in [9.17, 15) is 4.79 Å². The number of nitrogens with one attached hydrogen (secondary N) is 3. The lowest BCUT2D eigenvalue weighted by molar-refractivity contribution is 0.222. The molecular formula is C21H31N7O. The summed E-state index contributed by atoms with van der Waals surface area (Å²) in [4.78, 5) is 18.4. The fraction of sp³-hybridized carbons (Fsp3) is 0.476. The van der Waals surface area contributed by atoms with Crippen LogP contribution in [0.5, 0.6) is 0 Å². The molecular weight excluding hydrogens is 366 g/mol. The normalized spacial score (nSPS) is 14.2. The van der Waals surface area contributed by atoms with Crippen LogP contribution in [0.25, 0.3) is 0 Å². The number of hydrogen-bond donors (Lipinski definition) is 3. The van der Waals surface area contributed by atoms with Gasteiger partial charge in [0.1, 0.15) is 0 Å². The minimum atomic E-state index is -0.0210. The Labute approximate surface area is 172 Å². The van der Waals surface area contributed by atoms with Crippen molar-refractivity contribution in [1.29, 1.82) is 0 Å². The number of hydrogen-bond acceptors (Lipinski definition) is 3. The zero-order valence-electron chi connectivity index (χ0n) is 17.7. The van der Waals surface area contributed by atoms with Gasteiger partial charge in [0.05, 0.1) is 5.69 Å². The standard InChI is InChI=1S/C21H31N7O/c1-15-19(16(2)27(4)26-15)14-24-20(22-3)23-13-17-8-7-9-18(12-17)25-21(29)28-10-5-6-11-28/h7-9,12H,5-6,10-11,13-14H2,1-4H3,(H,25,29)(H2,22,23,24). The number of urea groups is 1. The number of guanidine groups is 1. The molecule has 29 heavy (non-hydrogen) atoms. The van der Waals surface area contributed by atoms with Crippen molar-refractivity contribution in [1.82, 2.24) is 25.3 Å². The van der Waals surface area contributed by atoms with Crippen LogP contribution < -0.4 is 16.0 Å². The topological polar surface area (TPSA) is 86.6 Å². The molecule has 0 atom stereocenters. The van der Waals surface area contributed by atoms with Gasteiger partial charge in [-0.15, -0.1) is 0 Å². The first-order valence-corrected chi connectivity index (χ1v) is 10.1. The largest absolute Gasteiger partial charge is 0.352 e. The summed E-state index contributed by atoms with van der Waals surface area (Å²) >= 11 is 0. The van der Waals surface area contributed by atoms with E-state index in [-0.39, 0.29) is 6.03 Å². The highest BCUT2D eigenvalue weighted by molar-refractivity contribution is 5.89. The highest BCUT2D eigenvalue weighted by Crippen LogP contribution is 2.14. The third-order valence-electron chi connectivity index (χ3n) is 5.35. The van der Waals surface area contributed by atoms with Crippen LogP contribution >= 0.6 is 0 Å². The minimum absolute atomic E-state index is 0.0210. The van der Waals surface area contributed by atoms with Crippen molar-refractivity contribution in [3.63, 3.8) is 0 Å². The van der Waals surface area contributed by atoms with Crippen LogP contribution in [0.4, 0.5) is 10.5 Å². The quantitative estimate of drug-likeness (QED) is 0.535. The molecule has 0 bridgehead atoms. The first-order valence-electron chi connectivity index (χ1n) is 10.1. The van der Waals surface area contributed by atoms with E-state index < -0.39 is 0 Å². The Morgan fingerprint density at radius 3 is 2.55 bits per heavy atom. The number of anilines is 1. The number of nitrogens with zero attached hydrogens (tertiary/aromatic N) is 4. The van der Waals surface area contributed by atoms with Crippen LogP contribution in [0, 0.1) is 13.8 Å². The molecule has 8 heteroatoms. The molecule has 2 heterocycles. The number of amides is 2. The van der Waals surface area contributed by atoms with E-state index in [1.54, 1.807) is 7.05 Å². The lowest BCUT2D eigenvalue weighted by Crippen LogP contribution is -2.36. The summed E-state index contributed by atoms with van der Waals surface area (Å²) in [5.41, 5.74) is 5.23. The van der Waals surface area contributed by atoms with Gasteiger partial charge in [-0.3, -0.25) is 9.67 Å². The molecule has 1 aliphatic heterocycles. The van der Waals surface area contributed by atoms with Gasteiger partial charge < -0.3 is 20.9 Å². The third-order valence-corrected chi connectivity index (χ3v) is 5.35. The number of benzene rings is 1. The van der Waals surface area contributed by atoms with Crippen molar-refractivity contribution in [2.45, 2.75) is 39.8 Å². The van der Waals surface area contributed by atoms with Crippen molar-refractivity contribution in [2.24, 2.45) is 12.0 Å². The van der Waals surface area contributed by atoms with Crippen molar-refractivity contribution in [3.8, 4) is 0 Å². The summed E-state index contributed by atoms with van der Waals surface area (Å²) in [5, 5.41) is 14.1. The molecule has 0 spiro atoms. The van der Waals surface area contributed by atoms with E-state index in [4.69, 9.17) is 0 Å². The fourth-order valence-electron chi connectivity index (χ4n) is 3.53. The van der Waals surface area contributed by atoms with Crippen molar-refractivity contribution >= 4 is 17.7 Å². The highest BCUT2D eigenvalue weighted by Gasteiger charge is 2.17. The average molecular weight is 398 g/mol. The number of rotatable bonds is 5. The zero-order valence-corrected chi connectivity index (χ0v) is 17.7. The van der Waals surface area contributed by atoms with E-state index in [1.165, 1.54) is 5.56 Å². The van der Waals surface area contributed by atoms with Gasteiger partial charge in [-0.05, 0) is 44.4 Å². The van der Waals surface area contributed by atoms with Crippen molar-refractivity contribution < 1.29 is 4.79 Å². The number of aliphatic imine (C=N–C) groups is 1. The molecule has 3 N–H and O–H groups in total. The van der Waals surface area contributed by atoms with Gasteiger partial charge in [0.15, 0.2) is 5.96 Å². The lowest BCUT2D eigenvalue weighted by atomic mass is 10.2. The first kappa shape index (κ1) is 20.7. The second-order valence-electron chi connectivity index (χ2n) is 7.38. The molecule has 2 aromatic rings. The number of aromatic nitrogens is 2. The molecule has 1 saturated heterocycles. The second-order valence-corrected chi connectivity index (χ2v) is 7.38. The van der Waals surface area contributed by atoms with E-state index in [0.717, 1.165) is 54.5 Å². The summed E-state index contributed by atoms with van der Waals surface area (Å²) in [6, 6.07) is 7.87. The van der Waals surface area contributed by atoms with E-state index in [2.05, 4.69) is 33.0 Å². The SMILES string of the molecule is CN=C(NCc1cccc(NC(=O)N2CCCC2)c1)NCc1c(C)nn(C)c1C. The van der Waals surface area contributed by atoms with E-state index in [1.807, 2.05) is 47.8 Å². The molecule has 0 radical (unpaired) electrons. The molecule has 1 aromatic carbocycles. The summed E-state index contributed by atoms with van der Waals surface area (Å²) in [7, 11) is 3.71. The highest BCUT2D eigenvalue weighted by atomic mass is 16.2. The molecule has 0 aliphatic carbocycles. The molecule has 1 fully saturated rings.